The summed E-state index contributed by atoms with van der Waals surface area (Å²) in [6.45, 7) is 5.08. The van der Waals surface area contributed by atoms with E-state index in [2.05, 4.69) is 38.1 Å². The zero-order valence-electron chi connectivity index (χ0n) is 9.24. The van der Waals surface area contributed by atoms with Gasteiger partial charge in [0, 0.05) is 17.9 Å². The molecule has 1 aliphatic rings. The highest BCUT2D eigenvalue weighted by Gasteiger charge is 2.31. The number of hydrogen-bond donors (Lipinski definition) is 0. The number of hydrogen-bond acceptors (Lipinski definition) is 1. The van der Waals surface area contributed by atoms with Gasteiger partial charge in [-0.15, -0.1) is 11.6 Å². The molecule has 0 aromatic heterocycles. The molecule has 82 valence electrons. The van der Waals surface area contributed by atoms with Crippen LogP contribution in [0.1, 0.15) is 30.6 Å². The normalized spacial score (nSPS) is 31.5. The third kappa shape index (κ3) is 2.19. The summed E-state index contributed by atoms with van der Waals surface area (Å²) in [5, 5.41) is 0.239. The predicted molar refractivity (Wildman–Crippen MR) is 63.3 cm³/mol. The Kier molecular flexibility index (Phi) is 3.32. The second-order valence-electron chi connectivity index (χ2n) is 4.31. The molecule has 1 heterocycles. The fraction of sp³-hybridized carbons (Fsp3) is 0.538. The van der Waals surface area contributed by atoms with Gasteiger partial charge in [0.1, 0.15) is 0 Å². The molecule has 1 aromatic carbocycles. The highest BCUT2D eigenvalue weighted by atomic mass is 35.5. The zero-order chi connectivity index (χ0) is 10.8. The standard InChI is InChI=1S/C13H17ClO/c1-9-5-3-4-6-11(9)13-10(2)12(14)7-8-15-13/h3-6,10,12-13H,7-8H2,1-2H3/t10-,12+,13-/m1/s1. The van der Waals surface area contributed by atoms with Crippen LogP contribution >= 0.6 is 11.6 Å². The van der Waals surface area contributed by atoms with Crippen molar-refractivity contribution < 1.29 is 4.74 Å². The Morgan fingerprint density at radius 2 is 2.07 bits per heavy atom. The number of benzene rings is 1. The maximum absolute atomic E-state index is 6.28. The van der Waals surface area contributed by atoms with E-state index in [1.807, 2.05) is 0 Å². The summed E-state index contributed by atoms with van der Waals surface area (Å²) in [6, 6.07) is 8.40. The average Bonchev–Trinajstić information content (AvgIpc) is 2.23. The van der Waals surface area contributed by atoms with E-state index in [0.717, 1.165) is 13.0 Å². The molecule has 3 atom stereocenters. The van der Waals surface area contributed by atoms with E-state index in [9.17, 15) is 0 Å². The van der Waals surface area contributed by atoms with Gasteiger partial charge >= 0.3 is 0 Å². The topological polar surface area (TPSA) is 9.23 Å². The maximum atomic E-state index is 6.28. The zero-order valence-corrected chi connectivity index (χ0v) is 10.00. The minimum atomic E-state index is 0.169. The predicted octanol–water partition coefficient (Wildman–Crippen LogP) is 3.70. The van der Waals surface area contributed by atoms with E-state index in [1.165, 1.54) is 11.1 Å². The second-order valence-corrected chi connectivity index (χ2v) is 4.87. The quantitative estimate of drug-likeness (QED) is 0.661. The maximum Gasteiger partial charge on any atom is 0.0867 e. The van der Waals surface area contributed by atoms with Crippen molar-refractivity contribution in [1.82, 2.24) is 0 Å². The minimum Gasteiger partial charge on any atom is -0.373 e. The molecule has 2 rings (SSSR count). The summed E-state index contributed by atoms with van der Waals surface area (Å²) in [7, 11) is 0. The first-order valence-electron chi connectivity index (χ1n) is 5.51. The molecule has 0 amide bonds. The molecule has 1 fully saturated rings. The Morgan fingerprint density at radius 3 is 2.80 bits per heavy atom. The Labute approximate surface area is 96.4 Å². The fourth-order valence-corrected chi connectivity index (χ4v) is 2.41. The van der Waals surface area contributed by atoms with Crippen LogP contribution in [0, 0.1) is 12.8 Å². The lowest BCUT2D eigenvalue weighted by Gasteiger charge is -2.34. The fourth-order valence-electron chi connectivity index (χ4n) is 2.19. The molecule has 1 saturated heterocycles. The molecule has 2 heteroatoms. The molecule has 1 nitrogen and oxygen atoms in total. The van der Waals surface area contributed by atoms with Crippen LogP contribution in [-0.2, 0) is 4.74 Å². The summed E-state index contributed by atoms with van der Waals surface area (Å²) >= 11 is 6.28. The van der Waals surface area contributed by atoms with Crippen molar-refractivity contribution in [2.45, 2.75) is 31.7 Å². The van der Waals surface area contributed by atoms with Crippen LogP contribution in [0.3, 0.4) is 0 Å². The van der Waals surface area contributed by atoms with Crippen molar-refractivity contribution in [2.75, 3.05) is 6.61 Å². The molecule has 0 aliphatic carbocycles. The van der Waals surface area contributed by atoms with Gasteiger partial charge in [-0.25, -0.2) is 0 Å². The molecule has 1 aliphatic heterocycles. The van der Waals surface area contributed by atoms with E-state index < -0.39 is 0 Å². The van der Waals surface area contributed by atoms with Crippen molar-refractivity contribution in [2.24, 2.45) is 5.92 Å². The van der Waals surface area contributed by atoms with Gasteiger partial charge in [0.15, 0.2) is 0 Å². The van der Waals surface area contributed by atoms with Gasteiger partial charge in [0.2, 0.25) is 0 Å². The van der Waals surface area contributed by atoms with Crippen LogP contribution in [0.15, 0.2) is 24.3 Å². The Hall–Kier alpha value is -0.530. The lowest BCUT2D eigenvalue weighted by molar-refractivity contribution is -0.0199. The van der Waals surface area contributed by atoms with Crippen molar-refractivity contribution >= 4 is 11.6 Å². The molecular formula is C13H17ClO. The first-order chi connectivity index (χ1) is 7.20. The largest absolute Gasteiger partial charge is 0.373 e. The molecule has 0 unspecified atom stereocenters. The molecule has 0 spiro atoms. The first kappa shape index (κ1) is 11.0. The lowest BCUT2D eigenvalue weighted by atomic mass is 9.89. The Balaban J connectivity index is 2.26. The number of rotatable bonds is 1. The second kappa shape index (κ2) is 4.54. The lowest BCUT2D eigenvalue weighted by Crippen LogP contribution is -2.29. The number of aryl methyl sites for hydroxylation is 1. The van der Waals surface area contributed by atoms with E-state index >= 15 is 0 Å². The van der Waals surface area contributed by atoms with Gasteiger partial charge in [0.25, 0.3) is 0 Å². The van der Waals surface area contributed by atoms with Crippen LogP contribution in [0.25, 0.3) is 0 Å². The first-order valence-corrected chi connectivity index (χ1v) is 5.95. The van der Waals surface area contributed by atoms with Crippen LogP contribution in [0.5, 0.6) is 0 Å². The Bertz CT molecular complexity index is 337. The van der Waals surface area contributed by atoms with Crippen molar-refractivity contribution in [1.29, 1.82) is 0 Å². The van der Waals surface area contributed by atoms with E-state index in [4.69, 9.17) is 16.3 Å². The monoisotopic (exact) mass is 224 g/mol. The van der Waals surface area contributed by atoms with Crippen molar-refractivity contribution in [3.05, 3.63) is 35.4 Å². The SMILES string of the molecule is Cc1ccccc1[C@@H]1OCC[C@H](Cl)[C@H]1C. The number of alkyl halides is 1. The van der Waals surface area contributed by atoms with Gasteiger partial charge in [-0.05, 0) is 24.5 Å². The van der Waals surface area contributed by atoms with Gasteiger partial charge < -0.3 is 4.74 Å². The van der Waals surface area contributed by atoms with E-state index in [-0.39, 0.29) is 11.5 Å². The van der Waals surface area contributed by atoms with Gasteiger partial charge in [0.05, 0.1) is 6.10 Å². The molecule has 0 bridgehead atoms. The summed E-state index contributed by atoms with van der Waals surface area (Å²) in [4.78, 5) is 0. The minimum absolute atomic E-state index is 0.169. The van der Waals surface area contributed by atoms with Crippen LogP contribution in [0.2, 0.25) is 0 Å². The van der Waals surface area contributed by atoms with Crippen LogP contribution in [-0.4, -0.2) is 12.0 Å². The third-order valence-electron chi connectivity index (χ3n) is 3.23. The third-order valence-corrected chi connectivity index (χ3v) is 3.85. The summed E-state index contributed by atoms with van der Waals surface area (Å²) in [5.74, 6) is 0.390. The molecule has 0 radical (unpaired) electrons. The van der Waals surface area contributed by atoms with Gasteiger partial charge in [-0.2, -0.15) is 0 Å². The smallest absolute Gasteiger partial charge is 0.0867 e. The molecule has 1 aromatic rings. The van der Waals surface area contributed by atoms with Crippen molar-refractivity contribution in [3.63, 3.8) is 0 Å². The van der Waals surface area contributed by atoms with E-state index in [0.29, 0.717) is 5.92 Å². The van der Waals surface area contributed by atoms with Crippen LogP contribution < -0.4 is 0 Å². The average molecular weight is 225 g/mol. The number of halogens is 1. The molecule has 0 N–H and O–H groups in total. The van der Waals surface area contributed by atoms with Gasteiger partial charge in [-0.3, -0.25) is 0 Å². The summed E-state index contributed by atoms with van der Waals surface area (Å²) < 4.78 is 5.84. The highest BCUT2D eigenvalue weighted by molar-refractivity contribution is 6.20. The number of ether oxygens (including phenoxy) is 1. The van der Waals surface area contributed by atoms with E-state index in [1.54, 1.807) is 0 Å². The molecule has 15 heavy (non-hydrogen) atoms. The summed E-state index contributed by atoms with van der Waals surface area (Å²) in [5.41, 5.74) is 2.58. The molecular weight excluding hydrogens is 208 g/mol. The van der Waals surface area contributed by atoms with Gasteiger partial charge in [-0.1, -0.05) is 31.2 Å². The van der Waals surface area contributed by atoms with Crippen LogP contribution in [0.4, 0.5) is 0 Å². The summed E-state index contributed by atoms with van der Waals surface area (Å²) in [6.07, 6.45) is 1.13. The Morgan fingerprint density at radius 1 is 1.33 bits per heavy atom. The highest BCUT2D eigenvalue weighted by Crippen LogP contribution is 2.37. The van der Waals surface area contributed by atoms with Crippen molar-refractivity contribution in [3.8, 4) is 0 Å². The molecule has 0 saturated carbocycles.